The number of carbonyl (C=O) groups excluding carboxylic acids is 1. The van der Waals surface area contributed by atoms with Crippen LogP contribution in [-0.2, 0) is 14.8 Å². The number of hydrogen-bond acceptors (Lipinski definition) is 5. The normalized spacial score (nSPS) is 14.9. The van der Waals surface area contributed by atoms with Crippen molar-refractivity contribution >= 4 is 33.2 Å². The van der Waals surface area contributed by atoms with Gasteiger partial charge in [0.15, 0.2) is 6.61 Å². The van der Waals surface area contributed by atoms with Crippen LogP contribution in [-0.4, -0.2) is 34.1 Å². The number of sulfonamides is 1. The Balaban J connectivity index is 1.57. The van der Waals surface area contributed by atoms with Crippen LogP contribution in [0.2, 0.25) is 5.02 Å². The molecule has 9 heteroatoms. The molecule has 2 aromatic rings. The fourth-order valence-corrected chi connectivity index (χ4v) is 4.92. The maximum Gasteiger partial charge on any atom is 0.262 e. The van der Waals surface area contributed by atoms with E-state index in [1.807, 2.05) is 0 Å². The summed E-state index contributed by atoms with van der Waals surface area (Å²) in [6.45, 7) is -0.266. The highest BCUT2D eigenvalue weighted by Crippen LogP contribution is 2.28. The molecule has 30 heavy (non-hydrogen) atoms. The molecular weight excluding hydrogens is 428 g/mol. The van der Waals surface area contributed by atoms with E-state index in [1.165, 1.54) is 18.2 Å². The third-order valence-electron chi connectivity index (χ3n) is 4.87. The van der Waals surface area contributed by atoms with Gasteiger partial charge in [-0.2, -0.15) is 0 Å². The van der Waals surface area contributed by atoms with Gasteiger partial charge >= 0.3 is 0 Å². The molecule has 0 atom stereocenters. The van der Waals surface area contributed by atoms with Gasteiger partial charge in [0.25, 0.3) is 5.91 Å². The second kappa shape index (κ2) is 10.1. The quantitative estimate of drug-likeness (QED) is 0.631. The zero-order valence-corrected chi connectivity index (χ0v) is 18.3. The summed E-state index contributed by atoms with van der Waals surface area (Å²) in [6, 6.07) is 11.1. The number of hydrogen-bond donors (Lipinski definition) is 2. The van der Waals surface area contributed by atoms with Crippen LogP contribution < -0.4 is 19.5 Å². The molecule has 0 spiro atoms. The summed E-state index contributed by atoms with van der Waals surface area (Å²) in [7, 11) is -2.09. The second-order valence-corrected chi connectivity index (χ2v) is 9.23. The average molecular weight is 453 g/mol. The molecule has 162 valence electrons. The predicted molar refractivity (Wildman–Crippen MR) is 116 cm³/mol. The maximum atomic E-state index is 12.6. The van der Waals surface area contributed by atoms with E-state index in [9.17, 15) is 13.2 Å². The Morgan fingerprint density at radius 1 is 1.10 bits per heavy atom. The molecule has 1 aliphatic carbocycles. The first-order valence-corrected chi connectivity index (χ1v) is 11.6. The van der Waals surface area contributed by atoms with Crippen molar-refractivity contribution in [3.8, 4) is 11.5 Å². The monoisotopic (exact) mass is 452 g/mol. The number of benzene rings is 2. The number of anilines is 1. The second-order valence-electron chi connectivity index (χ2n) is 7.11. The molecule has 1 amide bonds. The van der Waals surface area contributed by atoms with Crippen molar-refractivity contribution in [2.45, 2.75) is 43.0 Å². The molecule has 1 fully saturated rings. The molecule has 0 bridgehead atoms. The van der Waals surface area contributed by atoms with E-state index in [0.29, 0.717) is 11.4 Å². The van der Waals surface area contributed by atoms with Crippen molar-refractivity contribution in [2.24, 2.45) is 0 Å². The van der Waals surface area contributed by atoms with Crippen molar-refractivity contribution in [2.75, 3.05) is 19.0 Å². The number of amides is 1. The molecule has 1 saturated carbocycles. The zero-order chi connectivity index (χ0) is 21.6. The molecule has 0 aliphatic heterocycles. The molecule has 0 saturated heterocycles. The van der Waals surface area contributed by atoms with Crippen LogP contribution >= 0.6 is 11.6 Å². The van der Waals surface area contributed by atoms with Gasteiger partial charge in [-0.25, -0.2) is 13.1 Å². The molecule has 0 aromatic heterocycles. The molecule has 3 rings (SSSR count). The molecule has 0 heterocycles. The summed E-state index contributed by atoms with van der Waals surface area (Å²) >= 11 is 6.19. The highest BCUT2D eigenvalue weighted by molar-refractivity contribution is 7.89. The first-order valence-electron chi connectivity index (χ1n) is 9.76. The Labute approximate surface area is 181 Å². The Kier molecular flexibility index (Phi) is 7.58. The smallest absolute Gasteiger partial charge is 0.262 e. The fraction of sp³-hybridized carbons (Fsp3) is 0.381. The number of methoxy groups -OCH3 is 1. The third kappa shape index (κ3) is 6.10. The molecule has 1 aliphatic rings. The van der Waals surface area contributed by atoms with Crippen molar-refractivity contribution in [3.63, 3.8) is 0 Å². The topological polar surface area (TPSA) is 93.7 Å². The van der Waals surface area contributed by atoms with E-state index in [1.54, 1.807) is 31.4 Å². The van der Waals surface area contributed by atoms with Crippen molar-refractivity contribution < 1.29 is 22.7 Å². The van der Waals surface area contributed by atoms with Crippen molar-refractivity contribution in [1.29, 1.82) is 0 Å². The highest BCUT2D eigenvalue weighted by atomic mass is 35.5. The van der Waals surface area contributed by atoms with E-state index in [0.717, 1.165) is 32.1 Å². The Morgan fingerprint density at radius 2 is 1.80 bits per heavy atom. The molecule has 2 aromatic carbocycles. The molecule has 7 nitrogen and oxygen atoms in total. The molecule has 0 radical (unpaired) electrons. The van der Waals surface area contributed by atoms with Crippen LogP contribution in [0, 0.1) is 0 Å². The van der Waals surface area contributed by atoms with E-state index in [-0.39, 0.29) is 34.2 Å². The lowest BCUT2D eigenvalue weighted by molar-refractivity contribution is -0.118. The minimum Gasteiger partial charge on any atom is -0.497 e. The van der Waals surface area contributed by atoms with Crippen molar-refractivity contribution in [1.82, 2.24) is 4.72 Å². The van der Waals surface area contributed by atoms with Crippen LogP contribution in [0.15, 0.2) is 47.4 Å². The van der Waals surface area contributed by atoms with Crippen LogP contribution in [0.4, 0.5) is 5.69 Å². The summed E-state index contributed by atoms with van der Waals surface area (Å²) in [4.78, 5) is 12.2. The number of carbonyl (C=O) groups is 1. The van der Waals surface area contributed by atoms with Gasteiger partial charge < -0.3 is 14.8 Å². The van der Waals surface area contributed by atoms with Gasteiger partial charge in [0.2, 0.25) is 10.0 Å². The Bertz CT molecular complexity index is 973. The number of nitrogens with one attached hydrogen (secondary N) is 2. The van der Waals surface area contributed by atoms with Crippen LogP contribution in [0.3, 0.4) is 0 Å². The van der Waals surface area contributed by atoms with Crippen LogP contribution in [0.25, 0.3) is 0 Å². The van der Waals surface area contributed by atoms with Crippen LogP contribution in [0.5, 0.6) is 11.5 Å². The lowest BCUT2D eigenvalue weighted by Gasteiger charge is -2.22. The average Bonchev–Trinajstić information content (AvgIpc) is 2.74. The largest absolute Gasteiger partial charge is 0.497 e. The van der Waals surface area contributed by atoms with E-state index < -0.39 is 10.0 Å². The summed E-state index contributed by atoms with van der Waals surface area (Å²) < 4.78 is 38.5. The first-order chi connectivity index (χ1) is 14.4. The number of halogens is 1. The van der Waals surface area contributed by atoms with Gasteiger partial charge in [0, 0.05) is 11.7 Å². The van der Waals surface area contributed by atoms with E-state index in [2.05, 4.69) is 10.0 Å². The first kappa shape index (κ1) is 22.4. The standard InChI is InChI=1S/C21H25ClN2O5S/c1-28-17-9-7-15(8-10-17)23-21(25)14-29-20-12-11-18(13-19(20)22)30(26,27)24-16-5-3-2-4-6-16/h7-13,16,24H,2-6,14H2,1H3,(H,23,25). The lowest BCUT2D eigenvalue weighted by atomic mass is 9.96. The zero-order valence-electron chi connectivity index (χ0n) is 16.7. The van der Waals surface area contributed by atoms with Gasteiger partial charge in [-0.15, -0.1) is 0 Å². The fourth-order valence-electron chi connectivity index (χ4n) is 3.29. The Morgan fingerprint density at radius 3 is 2.43 bits per heavy atom. The summed E-state index contributed by atoms with van der Waals surface area (Å²) in [5.74, 6) is 0.550. The van der Waals surface area contributed by atoms with Crippen LogP contribution in [0.1, 0.15) is 32.1 Å². The Hall–Kier alpha value is -2.29. The number of ether oxygens (including phenoxy) is 2. The van der Waals surface area contributed by atoms with E-state index in [4.69, 9.17) is 21.1 Å². The molecular formula is C21H25ClN2O5S. The predicted octanol–water partition coefficient (Wildman–Crippen LogP) is 3.98. The van der Waals surface area contributed by atoms with Gasteiger partial charge in [0.1, 0.15) is 11.5 Å². The number of rotatable bonds is 8. The highest BCUT2D eigenvalue weighted by Gasteiger charge is 2.22. The van der Waals surface area contributed by atoms with Crippen molar-refractivity contribution in [3.05, 3.63) is 47.5 Å². The SMILES string of the molecule is COc1ccc(NC(=O)COc2ccc(S(=O)(=O)NC3CCCCC3)cc2Cl)cc1. The summed E-state index contributed by atoms with van der Waals surface area (Å²) in [6.07, 6.45) is 4.88. The summed E-state index contributed by atoms with van der Waals surface area (Å²) in [5, 5.41) is 2.82. The van der Waals surface area contributed by atoms with E-state index >= 15 is 0 Å². The third-order valence-corrected chi connectivity index (χ3v) is 6.69. The molecule has 2 N–H and O–H groups in total. The maximum absolute atomic E-state index is 12.6. The minimum absolute atomic E-state index is 0.0416. The van der Waals surface area contributed by atoms with Gasteiger partial charge in [-0.3, -0.25) is 4.79 Å². The van der Waals surface area contributed by atoms with Gasteiger partial charge in [-0.1, -0.05) is 30.9 Å². The van der Waals surface area contributed by atoms with Gasteiger partial charge in [-0.05, 0) is 55.3 Å². The lowest BCUT2D eigenvalue weighted by Crippen LogP contribution is -2.36. The summed E-state index contributed by atoms with van der Waals surface area (Å²) in [5.41, 5.74) is 0.603. The molecule has 0 unspecified atom stereocenters. The minimum atomic E-state index is -3.66. The van der Waals surface area contributed by atoms with Gasteiger partial charge in [0.05, 0.1) is 17.0 Å².